The number of hydrogen-bond acceptors (Lipinski definition) is 3. The number of thiophene rings is 1. The summed E-state index contributed by atoms with van der Waals surface area (Å²) in [5.41, 5.74) is 0. The standard InChI is InChI=1S/C10H13ClO2S/c1-7-2-3-9(14-7)10(11)8-6-12-4-5-13-8/h2-3,8,10H,4-6H2,1H3. The molecule has 1 aromatic rings. The summed E-state index contributed by atoms with van der Waals surface area (Å²) in [7, 11) is 0. The van der Waals surface area contributed by atoms with Crippen molar-refractivity contribution in [3.63, 3.8) is 0 Å². The first kappa shape index (κ1) is 10.4. The van der Waals surface area contributed by atoms with Gasteiger partial charge in [-0.3, -0.25) is 0 Å². The Hall–Kier alpha value is -0.0900. The highest BCUT2D eigenvalue weighted by Gasteiger charge is 2.25. The number of halogens is 1. The highest BCUT2D eigenvalue weighted by Crippen LogP contribution is 2.32. The SMILES string of the molecule is Cc1ccc(C(Cl)C2COCCO2)s1. The molecule has 0 amide bonds. The lowest BCUT2D eigenvalue weighted by atomic mass is 10.2. The lowest BCUT2D eigenvalue weighted by Crippen LogP contribution is -2.31. The van der Waals surface area contributed by atoms with Gasteiger partial charge in [-0.15, -0.1) is 22.9 Å². The number of rotatable bonds is 2. The topological polar surface area (TPSA) is 18.5 Å². The second-order valence-electron chi connectivity index (χ2n) is 3.33. The van der Waals surface area contributed by atoms with E-state index in [0.717, 1.165) is 0 Å². The summed E-state index contributed by atoms with van der Waals surface area (Å²) in [5, 5.41) is -0.0750. The van der Waals surface area contributed by atoms with E-state index in [1.807, 2.05) is 0 Å². The van der Waals surface area contributed by atoms with Crippen molar-refractivity contribution >= 4 is 22.9 Å². The van der Waals surface area contributed by atoms with Crippen LogP contribution in [0.1, 0.15) is 15.1 Å². The molecular weight excluding hydrogens is 220 g/mol. The maximum absolute atomic E-state index is 6.30. The van der Waals surface area contributed by atoms with Crippen molar-refractivity contribution < 1.29 is 9.47 Å². The molecule has 0 aliphatic carbocycles. The molecule has 1 aliphatic heterocycles. The Morgan fingerprint density at radius 2 is 2.36 bits per heavy atom. The minimum Gasteiger partial charge on any atom is -0.376 e. The molecule has 78 valence electrons. The minimum absolute atomic E-state index is 0.00321. The molecule has 14 heavy (non-hydrogen) atoms. The summed E-state index contributed by atoms with van der Waals surface area (Å²) >= 11 is 8.03. The van der Waals surface area contributed by atoms with Crippen LogP contribution in [0.15, 0.2) is 12.1 Å². The zero-order valence-corrected chi connectivity index (χ0v) is 9.61. The molecule has 2 unspecified atom stereocenters. The van der Waals surface area contributed by atoms with Gasteiger partial charge in [-0.1, -0.05) is 0 Å². The molecule has 0 radical (unpaired) electrons. The van der Waals surface area contributed by atoms with Gasteiger partial charge in [-0.2, -0.15) is 0 Å². The van der Waals surface area contributed by atoms with Gasteiger partial charge in [-0.25, -0.2) is 0 Å². The second kappa shape index (κ2) is 4.62. The number of aryl methyl sites for hydroxylation is 1. The fourth-order valence-electron chi connectivity index (χ4n) is 1.46. The average molecular weight is 233 g/mol. The van der Waals surface area contributed by atoms with E-state index in [1.165, 1.54) is 9.75 Å². The van der Waals surface area contributed by atoms with Crippen molar-refractivity contribution in [3.8, 4) is 0 Å². The first-order chi connectivity index (χ1) is 6.77. The summed E-state index contributed by atoms with van der Waals surface area (Å²) in [5.74, 6) is 0. The predicted octanol–water partition coefficient (Wildman–Crippen LogP) is 2.75. The van der Waals surface area contributed by atoms with Crippen LogP contribution in [0.4, 0.5) is 0 Å². The third-order valence-corrected chi connectivity index (χ3v) is 3.93. The van der Waals surface area contributed by atoms with Crippen molar-refractivity contribution in [3.05, 3.63) is 21.9 Å². The Balaban J connectivity index is 2.03. The summed E-state index contributed by atoms with van der Waals surface area (Å²) in [6.07, 6.45) is 0.00321. The fourth-order valence-corrected chi connectivity index (χ4v) is 2.72. The Labute approximate surface area is 92.8 Å². The predicted molar refractivity (Wildman–Crippen MR) is 58.2 cm³/mol. The van der Waals surface area contributed by atoms with E-state index in [4.69, 9.17) is 21.1 Å². The molecule has 0 aromatic carbocycles. The van der Waals surface area contributed by atoms with Gasteiger partial charge in [0.15, 0.2) is 0 Å². The maximum Gasteiger partial charge on any atom is 0.102 e. The molecule has 2 heterocycles. The van der Waals surface area contributed by atoms with E-state index in [9.17, 15) is 0 Å². The van der Waals surface area contributed by atoms with Gasteiger partial charge in [0.2, 0.25) is 0 Å². The molecule has 2 atom stereocenters. The third-order valence-electron chi connectivity index (χ3n) is 2.20. The zero-order chi connectivity index (χ0) is 9.97. The Morgan fingerprint density at radius 3 is 2.93 bits per heavy atom. The zero-order valence-electron chi connectivity index (χ0n) is 8.03. The summed E-state index contributed by atoms with van der Waals surface area (Å²) in [4.78, 5) is 2.45. The van der Waals surface area contributed by atoms with Gasteiger partial charge in [0.1, 0.15) is 6.10 Å². The molecule has 2 rings (SSSR count). The number of ether oxygens (including phenoxy) is 2. The molecule has 1 aliphatic rings. The Morgan fingerprint density at radius 1 is 1.50 bits per heavy atom. The van der Waals surface area contributed by atoms with Gasteiger partial charge in [0, 0.05) is 9.75 Å². The van der Waals surface area contributed by atoms with Crippen LogP contribution >= 0.6 is 22.9 Å². The van der Waals surface area contributed by atoms with Gasteiger partial charge in [-0.05, 0) is 19.1 Å². The summed E-state index contributed by atoms with van der Waals surface area (Å²) in [6, 6.07) is 4.15. The lowest BCUT2D eigenvalue weighted by molar-refractivity contribution is -0.0889. The molecule has 1 saturated heterocycles. The molecule has 4 heteroatoms. The smallest absolute Gasteiger partial charge is 0.102 e. The van der Waals surface area contributed by atoms with E-state index >= 15 is 0 Å². The highest BCUT2D eigenvalue weighted by molar-refractivity contribution is 7.12. The quantitative estimate of drug-likeness (QED) is 0.730. The van der Waals surface area contributed by atoms with Crippen LogP contribution in [0.25, 0.3) is 0 Å². The molecule has 0 spiro atoms. The highest BCUT2D eigenvalue weighted by atomic mass is 35.5. The van der Waals surface area contributed by atoms with E-state index in [-0.39, 0.29) is 11.5 Å². The van der Waals surface area contributed by atoms with Crippen LogP contribution in [0.5, 0.6) is 0 Å². The van der Waals surface area contributed by atoms with Gasteiger partial charge in [0.25, 0.3) is 0 Å². The monoisotopic (exact) mass is 232 g/mol. The number of hydrogen-bond donors (Lipinski definition) is 0. The third kappa shape index (κ3) is 2.28. The van der Waals surface area contributed by atoms with Crippen LogP contribution in [0, 0.1) is 6.92 Å². The molecule has 1 fully saturated rings. The summed E-state index contributed by atoms with van der Waals surface area (Å²) in [6.45, 7) is 4.02. The Kier molecular flexibility index (Phi) is 3.44. The Bertz CT molecular complexity index is 294. The molecule has 0 saturated carbocycles. The van der Waals surface area contributed by atoms with Crippen LogP contribution < -0.4 is 0 Å². The lowest BCUT2D eigenvalue weighted by Gasteiger charge is -2.26. The number of alkyl halides is 1. The largest absolute Gasteiger partial charge is 0.376 e. The van der Waals surface area contributed by atoms with E-state index < -0.39 is 0 Å². The van der Waals surface area contributed by atoms with Gasteiger partial charge < -0.3 is 9.47 Å². The van der Waals surface area contributed by atoms with Crippen LogP contribution in [-0.4, -0.2) is 25.9 Å². The normalized spacial score (nSPS) is 24.9. The summed E-state index contributed by atoms with van der Waals surface area (Å²) < 4.78 is 10.9. The molecule has 2 nitrogen and oxygen atoms in total. The van der Waals surface area contributed by atoms with E-state index in [0.29, 0.717) is 19.8 Å². The van der Waals surface area contributed by atoms with Crippen molar-refractivity contribution in [2.75, 3.05) is 19.8 Å². The molecule has 0 N–H and O–H groups in total. The van der Waals surface area contributed by atoms with Gasteiger partial charge >= 0.3 is 0 Å². The van der Waals surface area contributed by atoms with E-state index in [2.05, 4.69) is 19.1 Å². The first-order valence-electron chi connectivity index (χ1n) is 4.67. The molecule has 1 aromatic heterocycles. The molecule has 0 bridgehead atoms. The van der Waals surface area contributed by atoms with Crippen molar-refractivity contribution in [2.24, 2.45) is 0 Å². The minimum atomic E-state index is -0.0750. The van der Waals surface area contributed by atoms with Gasteiger partial charge in [0.05, 0.1) is 25.2 Å². The maximum atomic E-state index is 6.30. The first-order valence-corrected chi connectivity index (χ1v) is 5.92. The van der Waals surface area contributed by atoms with Crippen molar-refractivity contribution in [1.29, 1.82) is 0 Å². The van der Waals surface area contributed by atoms with E-state index in [1.54, 1.807) is 11.3 Å². The van der Waals surface area contributed by atoms with Crippen molar-refractivity contribution in [1.82, 2.24) is 0 Å². The molecular formula is C10H13ClO2S. The second-order valence-corrected chi connectivity index (χ2v) is 5.12. The fraction of sp³-hybridized carbons (Fsp3) is 0.600. The average Bonchev–Trinajstić information content (AvgIpc) is 2.65. The van der Waals surface area contributed by atoms with Crippen LogP contribution in [-0.2, 0) is 9.47 Å². The van der Waals surface area contributed by atoms with Crippen molar-refractivity contribution in [2.45, 2.75) is 18.4 Å². The van der Waals surface area contributed by atoms with Crippen LogP contribution in [0.3, 0.4) is 0 Å². The van der Waals surface area contributed by atoms with Crippen LogP contribution in [0.2, 0.25) is 0 Å².